The minimum absolute atomic E-state index is 0.184. The molecule has 1 aliphatic carbocycles. The third-order valence-electron chi connectivity index (χ3n) is 3.59. The molecule has 4 nitrogen and oxygen atoms in total. The standard InChI is InChI=1S/C15H22O4/c1-5-9(4)12(16)11-13(17)10(7-6-8(2)3)14(18)15(11)19/h6,9-10,14,16,18H,5,7H2,1-4H3/b12-11+/t9?,10?,14-/m0/s1. The van der Waals surface area contributed by atoms with Crippen LogP contribution < -0.4 is 0 Å². The summed E-state index contributed by atoms with van der Waals surface area (Å²) in [6, 6.07) is 0. The highest BCUT2D eigenvalue weighted by Crippen LogP contribution is 2.31. The lowest BCUT2D eigenvalue weighted by atomic mass is 9.97. The lowest BCUT2D eigenvalue weighted by molar-refractivity contribution is -0.124. The van der Waals surface area contributed by atoms with Crippen molar-refractivity contribution in [3.8, 4) is 0 Å². The van der Waals surface area contributed by atoms with E-state index in [4.69, 9.17) is 0 Å². The van der Waals surface area contributed by atoms with Crippen LogP contribution in [0.15, 0.2) is 23.0 Å². The molecule has 0 aromatic rings. The highest BCUT2D eigenvalue weighted by Gasteiger charge is 2.46. The van der Waals surface area contributed by atoms with Crippen LogP contribution in [0.1, 0.15) is 40.5 Å². The number of allylic oxidation sites excluding steroid dienone is 3. The van der Waals surface area contributed by atoms with Gasteiger partial charge in [0, 0.05) is 5.92 Å². The van der Waals surface area contributed by atoms with E-state index < -0.39 is 23.6 Å². The van der Waals surface area contributed by atoms with Gasteiger partial charge in [-0.2, -0.15) is 0 Å². The first-order valence-electron chi connectivity index (χ1n) is 6.64. The van der Waals surface area contributed by atoms with Gasteiger partial charge >= 0.3 is 0 Å². The van der Waals surface area contributed by atoms with E-state index in [0.717, 1.165) is 5.57 Å². The molecule has 1 rings (SSSR count). The Hall–Kier alpha value is -1.42. The van der Waals surface area contributed by atoms with Gasteiger partial charge in [-0.05, 0) is 26.7 Å². The average Bonchev–Trinajstić information content (AvgIpc) is 2.56. The first-order chi connectivity index (χ1) is 8.81. The molecular weight excluding hydrogens is 244 g/mol. The Morgan fingerprint density at radius 2 is 1.89 bits per heavy atom. The summed E-state index contributed by atoms with van der Waals surface area (Å²) in [4.78, 5) is 24.1. The second kappa shape index (κ2) is 6.15. The molecule has 0 spiro atoms. The zero-order valence-electron chi connectivity index (χ0n) is 11.9. The summed E-state index contributed by atoms with van der Waals surface area (Å²) < 4.78 is 0. The van der Waals surface area contributed by atoms with Crippen molar-refractivity contribution in [2.45, 2.75) is 46.6 Å². The molecule has 4 heteroatoms. The second-order valence-corrected chi connectivity index (χ2v) is 5.37. The van der Waals surface area contributed by atoms with Crippen LogP contribution in [0.2, 0.25) is 0 Å². The quantitative estimate of drug-likeness (QED) is 0.354. The summed E-state index contributed by atoms with van der Waals surface area (Å²) in [5.41, 5.74) is 0.824. The van der Waals surface area contributed by atoms with Crippen molar-refractivity contribution in [2.75, 3.05) is 0 Å². The molecule has 0 aliphatic heterocycles. The Kier molecular flexibility index (Phi) is 5.06. The number of aliphatic hydroxyl groups excluding tert-OH is 2. The van der Waals surface area contributed by atoms with Crippen molar-refractivity contribution >= 4 is 11.6 Å². The first-order valence-corrected chi connectivity index (χ1v) is 6.64. The van der Waals surface area contributed by atoms with E-state index in [0.29, 0.717) is 12.8 Å². The fourth-order valence-electron chi connectivity index (χ4n) is 2.07. The lowest BCUT2D eigenvalue weighted by Crippen LogP contribution is -2.22. The van der Waals surface area contributed by atoms with Crippen LogP contribution in [0.3, 0.4) is 0 Å². The van der Waals surface area contributed by atoms with E-state index in [1.165, 1.54) is 0 Å². The third kappa shape index (κ3) is 3.13. The topological polar surface area (TPSA) is 74.6 Å². The van der Waals surface area contributed by atoms with Crippen LogP contribution in [-0.2, 0) is 9.59 Å². The second-order valence-electron chi connectivity index (χ2n) is 5.37. The molecule has 0 bridgehead atoms. The summed E-state index contributed by atoms with van der Waals surface area (Å²) in [5.74, 6) is -2.28. The molecule has 106 valence electrons. The number of hydrogen-bond donors (Lipinski definition) is 2. The Morgan fingerprint density at radius 1 is 1.32 bits per heavy atom. The van der Waals surface area contributed by atoms with Crippen molar-refractivity contribution in [2.24, 2.45) is 11.8 Å². The molecule has 0 saturated heterocycles. The van der Waals surface area contributed by atoms with Crippen LogP contribution >= 0.6 is 0 Å². The number of ketones is 2. The maximum atomic E-state index is 12.2. The van der Waals surface area contributed by atoms with Crippen LogP contribution in [0.25, 0.3) is 0 Å². The maximum Gasteiger partial charge on any atom is 0.199 e. The molecule has 1 aliphatic rings. The predicted molar refractivity (Wildman–Crippen MR) is 72.7 cm³/mol. The summed E-state index contributed by atoms with van der Waals surface area (Å²) in [6.45, 7) is 7.39. The molecule has 2 N–H and O–H groups in total. The number of Topliss-reactive ketones (excluding diaryl/α,β-unsaturated/α-hetero) is 2. The first kappa shape index (κ1) is 15.6. The van der Waals surface area contributed by atoms with Crippen LogP contribution in [0.5, 0.6) is 0 Å². The molecule has 3 atom stereocenters. The molecule has 0 radical (unpaired) electrons. The minimum atomic E-state index is -1.33. The SMILES string of the molecule is CCC(C)/C(O)=C1/C(=O)C(CC=C(C)C)[C@H](O)C1=O. The minimum Gasteiger partial charge on any atom is -0.511 e. The van der Waals surface area contributed by atoms with Gasteiger partial charge in [-0.15, -0.1) is 0 Å². The largest absolute Gasteiger partial charge is 0.511 e. The van der Waals surface area contributed by atoms with Gasteiger partial charge in [0.05, 0.1) is 5.92 Å². The van der Waals surface area contributed by atoms with Gasteiger partial charge in [0.1, 0.15) is 17.4 Å². The van der Waals surface area contributed by atoms with Gasteiger partial charge < -0.3 is 10.2 Å². The van der Waals surface area contributed by atoms with Gasteiger partial charge in [-0.3, -0.25) is 9.59 Å². The van der Waals surface area contributed by atoms with Crippen molar-refractivity contribution in [1.29, 1.82) is 0 Å². The molecule has 2 unspecified atom stereocenters. The molecule has 0 aromatic carbocycles. The molecule has 0 amide bonds. The zero-order chi connectivity index (χ0) is 14.7. The summed E-state index contributed by atoms with van der Waals surface area (Å²) in [5, 5.41) is 19.9. The van der Waals surface area contributed by atoms with E-state index in [1.807, 2.05) is 26.8 Å². The summed E-state index contributed by atoms with van der Waals surface area (Å²) >= 11 is 0. The van der Waals surface area contributed by atoms with Crippen molar-refractivity contribution < 1.29 is 19.8 Å². The zero-order valence-corrected chi connectivity index (χ0v) is 11.9. The summed E-state index contributed by atoms with van der Waals surface area (Å²) in [7, 11) is 0. The number of carbonyl (C=O) groups excluding carboxylic acids is 2. The molecular formula is C15H22O4. The molecule has 0 aromatic heterocycles. The predicted octanol–water partition coefficient (Wildman–Crippen LogP) is 2.33. The molecule has 1 fully saturated rings. The van der Waals surface area contributed by atoms with Crippen molar-refractivity contribution in [3.05, 3.63) is 23.0 Å². The average molecular weight is 266 g/mol. The number of aliphatic hydroxyl groups is 2. The van der Waals surface area contributed by atoms with Crippen LogP contribution in [0.4, 0.5) is 0 Å². The molecule has 1 saturated carbocycles. The monoisotopic (exact) mass is 266 g/mol. The Labute approximate surface area is 113 Å². The maximum absolute atomic E-state index is 12.2. The van der Waals surface area contributed by atoms with Crippen LogP contribution in [-0.4, -0.2) is 27.9 Å². The smallest absolute Gasteiger partial charge is 0.199 e. The van der Waals surface area contributed by atoms with E-state index in [9.17, 15) is 19.8 Å². The normalized spacial score (nSPS) is 27.4. The van der Waals surface area contributed by atoms with Gasteiger partial charge in [-0.25, -0.2) is 0 Å². The lowest BCUT2D eigenvalue weighted by Gasteiger charge is -2.09. The molecule has 0 heterocycles. The fraction of sp³-hybridized carbons (Fsp3) is 0.600. The van der Waals surface area contributed by atoms with Crippen LogP contribution in [0, 0.1) is 11.8 Å². The highest BCUT2D eigenvalue weighted by atomic mass is 16.3. The fourth-order valence-corrected chi connectivity index (χ4v) is 2.07. The van der Waals surface area contributed by atoms with E-state index in [2.05, 4.69) is 0 Å². The van der Waals surface area contributed by atoms with Gasteiger partial charge in [-0.1, -0.05) is 25.5 Å². The van der Waals surface area contributed by atoms with Gasteiger partial charge in [0.25, 0.3) is 0 Å². The summed E-state index contributed by atoms with van der Waals surface area (Å²) in [6.07, 6.45) is 1.45. The van der Waals surface area contributed by atoms with E-state index in [-0.39, 0.29) is 17.3 Å². The van der Waals surface area contributed by atoms with Gasteiger partial charge in [0.2, 0.25) is 0 Å². The number of hydrogen-bond acceptors (Lipinski definition) is 4. The van der Waals surface area contributed by atoms with E-state index >= 15 is 0 Å². The molecule has 19 heavy (non-hydrogen) atoms. The van der Waals surface area contributed by atoms with E-state index in [1.54, 1.807) is 6.92 Å². The highest BCUT2D eigenvalue weighted by molar-refractivity contribution is 6.28. The number of carbonyl (C=O) groups is 2. The number of rotatable bonds is 4. The third-order valence-corrected chi connectivity index (χ3v) is 3.59. The van der Waals surface area contributed by atoms with Gasteiger partial charge in [0.15, 0.2) is 11.6 Å². The van der Waals surface area contributed by atoms with Crippen molar-refractivity contribution in [1.82, 2.24) is 0 Å². The van der Waals surface area contributed by atoms with Crippen molar-refractivity contribution in [3.63, 3.8) is 0 Å². The Balaban J connectivity index is 3.09. The Bertz CT molecular complexity index is 441. The Morgan fingerprint density at radius 3 is 2.37 bits per heavy atom.